The van der Waals surface area contributed by atoms with Crippen LogP contribution in [0.1, 0.15) is 5.56 Å². The summed E-state index contributed by atoms with van der Waals surface area (Å²) in [6.45, 7) is 0.368. The van der Waals surface area contributed by atoms with Gasteiger partial charge in [-0.15, -0.1) is 0 Å². The molecule has 128 valence electrons. The van der Waals surface area contributed by atoms with E-state index < -0.39 is 5.97 Å². The minimum atomic E-state index is -1.14. The number of nitrogens with one attached hydrogen (secondary N) is 3. The van der Waals surface area contributed by atoms with Crippen LogP contribution in [0.4, 0.5) is 0 Å². The number of hydrazine groups is 1. The second-order valence-corrected chi connectivity index (χ2v) is 5.59. The smallest absolute Gasteiger partial charge is 0.338 e. The van der Waals surface area contributed by atoms with E-state index in [-0.39, 0.29) is 11.3 Å². The minimum absolute atomic E-state index is 0.0634. The number of aliphatic carboxylic acids is 1. The molecule has 9 heteroatoms. The van der Waals surface area contributed by atoms with Gasteiger partial charge in [-0.25, -0.2) is 10.6 Å². The fraction of sp³-hybridized carbons (Fsp3) is 0.200. The van der Waals surface area contributed by atoms with E-state index in [1.807, 2.05) is 6.07 Å². The molecule has 0 atom stereocenters. The summed E-state index contributed by atoms with van der Waals surface area (Å²) in [5.41, 5.74) is 3.18. The number of carboxylic acid groups (broad SMARTS) is 1. The largest absolute Gasteiger partial charge is 0.497 e. The fourth-order valence-electron chi connectivity index (χ4n) is 2.08. The van der Waals surface area contributed by atoms with Crippen LogP contribution in [0.15, 0.2) is 39.9 Å². The van der Waals surface area contributed by atoms with Crippen LogP contribution in [0.5, 0.6) is 11.5 Å². The lowest BCUT2D eigenvalue weighted by Gasteiger charge is -2.15. The first kappa shape index (κ1) is 17.7. The lowest BCUT2D eigenvalue weighted by atomic mass is 10.1. The summed E-state index contributed by atoms with van der Waals surface area (Å²) in [5, 5.41) is 21.4. The Bertz CT molecular complexity index is 730. The van der Waals surface area contributed by atoms with Crippen molar-refractivity contribution in [2.24, 2.45) is 5.84 Å². The van der Waals surface area contributed by atoms with Crippen LogP contribution < -0.4 is 26.1 Å². The number of rotatable bonds is 7. The molecule has 8 nitrogen and oxygen atoms in total. The van der Waals surface area contributed by atoms with Crippen LogP contribution in [0.25, 0.3) is 0 Å². The molecule has 0 aromatic heterocycles. The van der Waals surface area contributed by atoms with Gasteiger partial charge in [-0.1, -0.05) is 11.8 Å². The predicted molar refractivity (Wildman–Crippen MR) is 91.8 cm³/mol. The van der Waals surface area contributed by atoms with E-state index in [2.05, 4.69) is 10.7 Å². The number of allylic oxidation sites excluding steroid dienone is 1. The van der Waals surface area contributed by atoms with E-state index in [4.69, 9.17) is 25.8 Å². The third kappa shape index (κ3) is 3.63. The van der Waals surface area contributed by atoms with Crippen molar-refractivity contribution in [2.45, 2.75) is 6.54 Å². The zero-order valence-corrected chi connectivity index (χ0v) is 14.0. The Hall–Kier alpha value is -2.65. The van der Waals surface area contributed by atoms with Gasteiger partial charge in [0.15, 0.2) is 0 Å². The van der Waals surface area contributed by atoms with Gasteiger partial charge in [-0.2, -0.15) is 0 Å². The molecule has 6 N–H and O–H groups in total. The Morgan fingerprint density at radius 1 is 1.38 bits per heavy atom. The van der Waals surface area contributed by atoms with Gasteiger partial charge in [0.05, 0.1) is 30.4 Å². The van der Waals surface area contributed by atoms with Gasteiger partial charge in [0.25, 0.3) is 0 Å². The SMILES string of the molecule is COc1ccc(CN/C(NN)=C2\SC=C(C(=O)O)C2=N)c(OC)c1. The first-order valence-corrected chi connectivity index (χ1v) is 7.74. The highest BCUT2D eigenvalue weighted by Crippen LogP contribution is 2.32. The molecule has 0 saturated carbocycles. The molecule has 1 aliphatic rings. The van der Waals surface area contributed by atoms with Crippen molar-refractivity contribution in [2.75, 3.05) is 14.2 Å². The normalized spacial score (nSPS) is 15.6. The molecule has 0 fully saturated rings. The number of carboxylic acids is 1. The Morgan fingerprint density at radius 3 is 2.67 bits per heavy atom. The van der Waals surface area contributed by atoms with Crippen molar-refractivity contribution >= 4 is 23.4 Å². The molecule has 0 bridgehead atoms. The quantitative estimate of drug-likeness (QED) is 0.366. The minimum Gasteiger partial charge on any atom is -0.497 e. The number of nitrogens with two attached hydrogens (primary N) is 1. The zero-order chi connectivity index (χ0) is 17.7. The molecule has 0 saturated heterocycles. The van der Waals surface area contributed by atoms with E-state index in [0.717, 1.165) is 17.3 Å². The van der Waals surface area contributed by atoms with Crippen LogP contribution in [0.2, 0.25) is 0 Å². The Balaban J connectivity index is 2.17. The summed E-state index contributed by atoms with van der Waals surface area (Å²) in [6.07, 6.45) is 0. The van der Waals surface area contributed by atoms with E-state index in [0.29, 0.717) is 28.8 Å². The second kappa shape index (κ2) is 7.75. The number of carbonyl (C=O) groups is 1. The molecular weight excluding hydrogens is 332 g/mol. The number of ether oxygens (including phenoxy) is 2. The predicted octanol–water partition coefficient (Wildman–Crippen LogP) is 1.16. The summed E-state index contributed by atoms with van der Waals surface area (Å²) in [7, 11) is 3.13. The standard InChI is InChI=1S/C15H18N4O4S/c1-22-9-4-3-8(11(5-9)23-2)6-18-14(19-17)13-12(16)10(7-24-13)15(20)21/h3-5,7,16,18-19H,6,17H2,1-2H3,(H,20,21)/b14-13+,16-12?. The molecule has 1 heterocycles. The fourth-order valence-corrected chi connectivity index (χ4v) is 3.01. The molecule has 0 amide bonds. The number of benzene rings is 1. The van der Waals surface area contributed by atoms with Crippen LogP contribution in [-0.4, -0.2) is 31.0 Å². The zero-order valence-electron chi connectivity index (χ0n) is 13.2. The molecule has 1 aromatic rings. The molecular formula is C15H18N4O4S. The summed E-state index contributed by atoms with van der Waals surface area (Å²) in [4.78, 5) is 11.5. The first-order chi connectivity index (χ1) is 11.5. The Labute approximate surface area is 143 Å². The number of hydrogen-bond donors (Lipinski definition) is 5. The Morgan fingerprint density at radius 2 is 2.12 bits per heavy atom. The van der Waals surface area contributed by atoms with Crippen molar-refractivity contribution in [3.63, 3.8) is 0 Å². The van der Waals surface area contributed by atoms with Crippen LogP contribution in [0.3, 0.4) is 0 Å². The summed E-state index contributed by atoms with van der Waals surface area (Å²) < 4.78 is 10.5. The van der Waals surface area contributed by atoms with Gasteiger partial charge in [-0.05, 0) is 17.5 Å². The summed E-state index contributed by atoms with van der Waals surface area (Å²) >= 11 is 1.13. The molecule has 1 aliphatic heterocycles. The number of methoxy groups -OCH3 is 2. The maximum Gasteiger partial charge on any atom is 0.338 e. The summed E-state index contributed by atoms with van der Waals surface area (Å²) in [6, 6.07) is 5.41. The van der Waals surface area contributed by atoms with Gasteiger partial charge >= 0.3 is 5.97 Å². The van der Waals surface area contributed by atoms with Crippen LogP contribution >= 0.6 is 11.8 Å². The molecule has 0 radical (unpaired) electrons. The molecule has 0 unspecified atom stereocenters. The van der Waals surface area contributed by atoms with Crippen LogP contribution in [-0.2, 0) is 11.3 Å². The van der Waals surface area contributed by atoms with E-state index in [1.165, 1.54) is 5.41 Å². The number of hydrogen-bond acceptors (Lipinski definition) is 8. The first-order valence-electron chi connectivity index (χ1n) is 6.86. The monoisotopic (exact) mass is 350 g/mol. The molecule has 2 rings (SSSR count). The van der Waals surface area contributed by atoms with Gasteiger partial charge in [0.2, 0.25) is 0 Å². The highest BCUT2D eigenvalue weighted by atomic mass is 32.2. The van der Waals surface area contributed by atoms with Crippen molar-refractivity contribution in [1.82, 2.24) is 10.7 Å². The van der Waals surface area contributed by atoms with Crippen molar-refractivity contribution in [3.05, 3.63) is 45.5 Å². The van der Waals surface area contributed by atoms with E-state index in [9.17, 15) is 4.79 Å². The van der Waals surface area contributed by atoms with E-state index >= 15 is 0 Å². The van der Waals surface area contributed by atoms with Crippen LogP contribution in [0, 0.1) is 5.41 Å². The maximum absolute atomic E-state index is 11.0. The van der Waals surface area contributed by atoms with Gasteiger partial charge in [0, 0.05) is 18.2 Å². The lowest BCUT2D eigenvalue weighted by Crippen LogP contribution is -2.33. The molecule has 0 aliphatic carbocycles. The van der Waals surface area contributed by atoms with Crippen molar-refractivity contribution in [3.8, 4) is 11.5 Å². The molecule has 1 aromatic carbocycles. The molecule has 24 heavy (non-hydrogen) atoms. The van der Waals surface area contributed by atoms with E-state index in [1.54, 1.807) is 26.4 Å². The number of thioether (sulfide) groups is 1. The summed E-state index contributed by atoms with van der Waals surface area (Å²) in [5.74, 6) is 6.06. The Kier molecular flexibility index (Phi) is 5.72. The lowest BCUT2D eigenvalue weighted by molar-refractivity contribution is -0.132. The van der Waals surface area contributed by atoms with Gasteiger partial charge in [0.1, 0.15) is 17.3 Å². The third-order valence-corrected chi connectivity index (χ3v) is 4.34. The van der Waals surface area contributed by atoms with Gasteiger partial charge in [-0.3, -0.25) is 5.41 Å². The average molecular weight is 350 g/mol. The maximum atomic E-state index is 11.0. The topological polar surface area (TPSA) is 130 Å². The highest BCUT2D eigenvalue weighted by molar-refractivity contribution is 8.07. The highest BCUT2D eigenvalue weighted by Gasteiger charge is 2.26. The average Bonchev–Trinajstić information content (AvgIpc) is 2.97. The third-order valence-electron chi connectivity index (χ3n) is 3.34. The molecule has 0 spiro atoms. The van der Waals surface area contributed by atoms with Crippen molar-refractivity contribution in [1.29, 1.82) is 5.41 Å². The van der Waals surface area contributed by atoms with Crippen molar-refractivity contribution < 1.29 is 19.4 Å². The second-order valence-electron chi connectivity index (χ2n) is 4.71. The van der Waals surface area contributed by atoms with Gasteiger partial charge < -0.3 is 25.3 Å².